The first-order valence-corrected chi connectivity index (χ1v) is 14.0. The number of aldehydes is 1. The van der Waals surface area contributed by atoms with Gasteiger partial charge in [-0.05, 0) is 57.1 Å². The Hall–Kier alpha value is -2.06. The molecule has 0 spiro atoms. The van der Waals surface area contributed by atoms with Crippen LogP contribution in [0.3, 0.4) is 0 Å². The Morgan fingerprint density at radius 3 is 2.38 bits per heavy atom. The second-order valence-electron chi connectivity index (χ2n) is 10.8. The molecule has 1 aromatic carbocycles. The molecular weight excluding hydrogens is 426 g/mol. The lowest BCUT2D eigenvalue weighted by molar-refractivity contribution is 0.0100. The van der Waals surface area contributed by atoms with E-state index >= 15 is 0 Å². The van der Waals surface area contributed by atoms with Gasteiger partial charge < -0.3 is 18.6 Å². The Kier molecular flexibility index (Phi) is 8.04. The van der Waals surface area contributed by atoms with Gasteiger partial charge in [0, 0.05) is 13.0 Å². The van der Waals surface area contributed by atoms with Gasteiger partial charge in [0.1, 0.15) is 23.2 Å². The Bertz CT molecular complexity index is 812. The third kappa shape index (κ3) is 6.48. The van der Waals surface area contributed by atoms with Crippen LogP contribution in [0.2, 0.25) is 18.1 Å². The minimum absolute atomic E-state index is 0.0492. The third-order valence-electron chi connectivity index (χ3n) is 6.15. The Morgan fingerprint density at radius 1 is 1.19 bits per heavy atom. The largest absolute Gasteiger partial charge is 0.496 e. The zero-order valence-corrected chi connectivity index (χ0v) is 22.0. The van der Waals surface area contributed by atoms with Gasteiger partial charge in [0.15, 0.2) is 14.6 Å². The van der Waals surface area contributed by atoms with Crippen LogP contribution in [0.1, 0.15) is 58.3 Å². The van der Waals surface area contributed by atoms with Gasteiger partial charge in [-0.3, -0.25) is 9.69 Å². The molecule has 0 aromatic heterocycles. The van der Waals surface area contributed by atoms with Crippen LogP contribution < -0.4 is 9.47 Å². The first-order chi connectivity index (χ1) is 14.7. The minimum Gasteiger partial charge on any atom is -0.496 e. The van der Waals surface area contributed by atoms with Crippen LogP contribution in [-0.4, -0.2) is 63.6 Å². The van der Waals surface area contributed by atoms with E-state index in [9.17, 15) is 9.59 Å². The van der Waals surface area contributed by atoms with E-state index in [0.717, 1.165) is 6.29 Å². The molecule has 0 aliphatic carbocycles. The van der Waals surface area contributed by atoms with Crippen molar-refractivity contribution in [2.24, 2.45) is 0 Å². The molecule has 0 saturated carbocycles. The summed E-state index contributed by atoms with van der Waals surface area (Å²) in [5.41, 5.74) is -0.170. The topological polar surface area (TPSA) is 74.3 Å². The Morgan fingerprint density at radius 2 is 1.84 bits per heavy atom. The molecule has 2 atom stereocenters. The van der Waals surface area contributed by atoms with Crippen LogP contribution in [0.25, 0.3) is 0 Å². The van der Waals surface area contributed by atoms with E-state index in [0.29, 0.717) is 36.6 Å². The summed E-state index contributed by atoms with van der Waals surface area (Å²) in [5, 5.41) is 0.0492. The number of methoxy groups -OCH3 is 1. The molecule has 1 aromatic rings. The molecule has 1 amide bonds. The van der Waals surface area contributed by atoms with Crippen LogP contribution in [-0.2, 0) is 9.16 Å². The first kappa shape index (κ1) is 26.2. The normalized spacial score (nSPS) is 19.6. The molecule has 8 heteroatoms. The molecule has 0 N–H and O–H groups in total. The second kappa shape index (κ2) is 9.83. The molecule has 32 heavy (non-hydrogen) atoms. The van der Waals surface area contributed by atoms with Crippen molar-refractivity contribution in [2.75, 3.05) is 20.3 Å². The highest BCUT2D eigenvalue weighted by Crippen LogP contribution is 2.37. The maximum atomic E-state index is 12.9. The summed E-state index contributed by atoms with van der Waals surface area (Å²) in [6.45, 7) is 17.4. The van der Waals surface area contributed by atoms with Gasteiger partial charge in [-0.2, -0.15) is 0 Å². The Balaban J connectivity index is 2.26. The molecule has 1 heterocycles. The van der Waals surface area contributed by atoms with Gasteiger partial charge >= 0.3 is 6.09 Å². The average molecular weight is 466 g/mol. The zero-order valence-electron chi connectivity index (χ0n) is 21.0. The lowest BCUT2D eigenvalue weighted by Gasteiger charge is -2.38. The molecule has 1 aliphatic heterocycles. The Labute approximate surface area is 193 Å². The molecule has 180 valence electrons. The number of likely N-dealkylation sites (tertiary alicyclic amines) is 1. The van der Waals surface area contributed by atoms with E-state index in [1.54, 1.807) is 23.1 Å². The van der Waals surface area contributed by atoms with E-state index < -0.39 is 13.9 Å². The summed E-state index contributed by atoms with van der Waals surface area (Å²) >= 11 is 0. The molecule has 0 radical (unpaired) electrons. The molecular formula is C24H39NO6Si. The van der Waals surface area contributed by atoms with Gasteiger partial charge in [-0.15, -0.1) is 0 Å². The van der Waals surface area contributed by atoms with Crippen LogP contribution in [0.4, 0.5) is 4.79 Å². The molecule has 1 fully saturated rings. The fourth-order valence-electron chi connectivity index (χ4n) is 3.27. The van der Waals surface area contributed by atoms with Crippen molar-refractivity contribution in [3.8, 4) is 11.5 Å². The van der Waals surface area contributed by atoms with Gasteiger partial charge in [-0.1, -0.05) is 20.8 Å². The van der Waals surface area contributed by atoms with Crippen molar-refractivity contribution < 1.29 is 28.2 Å². The fraction of sp³-hybridized carbons (Fsp3) is 0.667. The zero-order chi connectivity index (χ0) is 24.3. The number of carbonyl (C=O) groups excluding carboxylic acids is 2. The maximum absolute atomic E-state index is 12.9. The first-order valence-electron chi connectivity index (χ1n) is 11.1. The minimum atomic E-state index is -2.03. The monoisotopic (exact) mass is 465 g/mol. The standard InChI is InChI=1S/C24H39NO6Si/c1-23(2,3)31-22(27)25-13-12-21(19(25)16-29-32(8,9)24(4,5)6)30-18-10-11-20(28-7)17(14-18)15-26/h10-11,14-15,19,21H,12-13,16H2,1-9H3/t19-,21+/m1/s1. The van der Waals surface area contributed by atoms with Crippen LogP contribution >= 0.6 is 0 Å². The van der Waals surface area contributed by atoms with Crippen molar-refractivity contribution >= 4 is 20.7 Å². The predicted molar refractivity (Wildman–Crippen MR) is 127 cm³/mol. The maximum Gasteiger partial charge on any atom is 0.410 e. The summed E-state index contributed by atoms with van der Waals surface area (Å²) in [7, 11) is -0.509. The highest BCUT2D eigenvalue weighted by atomic mass is 28.4. The lowest BCUT2D eigenvalue weighted by Crippen LogP contribution is -2.50. The molecule has 1 saturated heterocycles. The summed E-state index contributed by atoms with van der Waals surface area (Å²) in [4.78, 5) is 26.0. The number of benzene rings is 1. The molecule has 2 rings (SSSR count). The number of carbonyl (C=O) groups is 2. The summed E-state index contributed by atoms with van der Waals surface area (Å²) in [6.07, 6.45) is 0.745. The van der Waals surface area contributed by atoms with Gasteiger partial charge in [0.25, 0.3) is 0 Å². The van der Waals surface area contributed by atoms with Gasteiger partial charge in [0.2, 0.25) is 0 Å². The third-order valence-corrected chi connectivity index (χ3v) is 10.6. The van der Waals surface area contributed by atoms with E-state index in [2.05, 4.69) is 33.9 Å². The molecule has 0 bridgehead atoms. The van der Waals surface area contributed by atoms with Gasteiger partial charge in [-0.25, -0.2) is 4.79 Å². The number of hydrogen-bond donors (Lipinski definition) is 0. The fourth-order valence-corrected chi connectivity index (χ4v) is 4.29. The van der Waals surface area contributed by atoms with Crippen molar-refractivity contribution in [1.29, 1.82) is 0 Å². The van der Waals surface area contributed by atoms with E-state index in [-0.39, 0.29) is 23.3 Å². The number of amides is 1. The summed E-state index contributed by atoms with van der Waals surface area (Å²) < 4.78 is 23.6. The van der Waals surface area contributed by atoms with E-state index in [1.165, 1.54) is 7.11 Å². The van der Waals surface area contributed by atoms with Crippen LogP contribution in [0.5, 0.6) is 11.5 Å². The van der Waals surface area contributed by atoms with Crippen LogP contribution in [0.15, 0.2) is 18.2 Å². The van der Waals surface area contributed by atoms with Crippen molar-refractivity contribution in [1.82, 2.24) is 4.90 Å². The SMILES string of the molecule is COc1ccc(O[C@H]2CCN(C(=O)OC(C)(C)C)[C@@H]2CO[Si](C)(C)C(C)(C)C)cc1C=O. The lowest BCUT2D eigenvalue weighted by atomic mass is 10.1. The molecule has 0 unspecified atom stereocenters. The smallest absolute Gasteiger partial charge is 0.410 e. The number of ether oxygens (including phenoxy) is 3. The van der Waals surface area contributed by atoms with Crippen LogP contribution in [0, 0.1) is 0 Å². The number of rotatable bonds is 7. The van der Waals surface area contributed by atoms with Crippen molar-refractivity contribution in [3.05, 3.63) is 23.8 Å². The molecule has 1 aliphatic rings. The highest BCUT2D eigenvalue weighted by molar-refractivity contribution is 6.74. The quantitative estimate of drug-likeness (QED) is 0.402. The average Bonchev–Trinajstić information content (AvgIpc) is 3.06. The van der Waals surface area contributed by atoms with Crippen molar-refractivity contribution in [2.45, 2.75) is 83.8 Å². The number of nitrogens with zero attached hydrogens (tertiary/aromatic N) is 1. The van der Waals surface area contributed by atoms with Crippen molar-refractivity contribution in [3.63, 3.8) is 0 Å². The van der Waals surface area contributed by atoms with E-state index in [4.69, 9.17) is 18.6 Å². The summed E-state index contributed by atoms with van der Waals surface area (Å²) in [6, 6.07) is 4.85. The second-order valence-corrected chi connectivity index (χ2v) is 15.6. The molecule has 7 nitrogen and oxygen atoms in total. The highest BCUT2D eigenvalue weighted by Gasteiger charge is 2.44. The van der Waals surface area contributed by atoms with Gasteiger partial charge in [0.05, 0.1) is 25.3 Å². The predicted octanol–water partition coefficient (Wildman–Crippen LogP) is 5.29. The summed E-state index contributed by atoms with van der Waals surface area (Å²) in [5.74, 6) is 1.05. The van der Waals surface area contributed by atoms with E-state index in [1.807, 2.05) is 20.8 Å². The number of hydrogen-bond acceptors (Lipinski definition) is 6.